The first-order chi connectivity index (χ1) is 14.6. The molecule has 0 saturated carbocycles. The molecule has 1 fully saturated rings. The third kappa shape index (κ3) is 5.53. The normalized spacial score (nSPS) is 14.8. The van der Waals surface area contributed by atoms with Gasteiger partial charge in [0.25, 0.3) is 0 Å². The summed E-state index contributed by atoms with van der Waals surface area (Å²) < 4.78 is 5.61. The third-order valence-corrected chi connectivity index (χ3v) is 6.53. The van der Waals surface area contributed by atoms with E-state index in [4.69, 9.17) is 32.9 Å². The maximum atomic E-state index is 11.8. The lowest BCUT2D eigenvalue weighted by molar-refractivity contribution is 0.137. The number of pyridine rings is 1. The van der Waals surface area contributed by atoms with Crippen molar-refractivity contribution in [2.75, 3.05) is 24.5 Å². The van der Waals surface area contributed by atoms with Gasteiger partial charge in [-0.3, -0.25) is 0 Å². The molecule has 1 aromatic carbocycles. The van der Waals surface area contributed by atoms with Crippen LogP contribution in [0.5, 0.6) is 0 Å². The molecule has 0 aliphatic carbocycles. The first-order valence-electron chi connectivity index (χ1n) is 9.88. The SMILES string of the molecule is O=C(NCCC1CCN(c2ccc3cc(Cl)ccc3n2)CC1)OCc1csc(Cl)n1. The minimum Gasteiger partial charge on any atom is -0.443 e. The highest BCUT2D eigenvalue weighted by Gasteiger charge is 2.20. The molecular weight excluding hydrogens is 443 g/mol. The van der Waals surface area contributed by atoms with E-state index in [0.717, 1.165) is 54.1 Å². The maximum Gasteiger partial charge on any atom is 0.407 e. The number of halogens is 2. The Morgan fingerprint density at radius 1 is 1.20 bits per heavy atom. The molecule has 4 rings (SSSR count). The lowest BCUT2D eigenvalue weighted by atomic mass is 9.93. The van der Waals surface area contributed by atoms with Crippen molar-refractivity contribution in [2.45, 2.75) is 25.9 Å². The molecule has 158 valence electrons. The van der Waals surface area contributed by atoms with Gasteiger partial charge in [0.2, 0.25) is 0 Å². The number of alkyl carbamates (subject to hydrolysis) is 1. The number of hydrogen-bond donors (Lipinski definition) is 1. The number of nitrogens with zero attached hydrogens (tertiary/aromatic N) is 3. The van der Waals surface area contributed by atoms with Crippen LogP contribution in [-0.2, 0) is 11.3 Å². The van der Waals surface area contributed by atoms with Crippen LogP contribution in [0.4, 0.5) is 10.6 Å². The number of piperidine rings is 1. The first kappa shape index (κ1) is 21.2. The van der Waals surface area contributed by atoms with Crippen molar-refractivity contribution in [3.8, 4) is 0 Å². The molecule has 30 heavy (non-hydrogen) atoms. The molecule has 1 N–H and O–H groups in total. The zero-order valence-corrected chi connectivity index (χ0v) is 18.6. The number of nitrogens with one attached hydrogen (secondary N) is 1. The van der Waals surface area contributed by atoms with E-state index in [2.05, 4.69) is 27.3 Å². The van der Waals surface area contributed by atoms with Crippen LogP contribution in [-0.4, -0.2) is 35.7 Å². The first-order valence-corrected chi connectivity index (χ1v) is 11.5. The summed E-state index contributed by atoms with van der Waals surface area (Å²) in [6, 6.07) is 9.90. The van der Waals surface area contributed by atoms with E-state index in [1.54, 1.807) is 5.38 Å². The van der Waals surface area contributed by atoms with Crippen LogP contribution >= 0.6 is 34.5 Å². The highest BCUT2D eigenvalue weighted by molar-refractivity contribution is 7.13. The topological polar surface area (TPSA) is 67.4 Å². The number of thiazole rings is 1. The Morgan fingerprint density at radius 3 is 2.80 bits per heavy atom. The molecule has 0 atom stereocenters. The van der Waals surface area contributed by atoms with Gasteiger partial charge in [-0.25, -0.2) is 14.8 Å². The Kier molecular flexibility index (Phi) is 6.92. The summed E-state index contributed by atoms with van der Waals surface area (Å²) >= 11 is 13.1. The zero-order chi connectivity index (χ0) is 20.9. The monoisotopic (exact) mass is 464 g/mol. The Labute approximate surface area is 189 Å². The predicted octanol–water partition coefficient (Wildman–Crippen LogP) is 5.53. The van der Waals surface area contributed by atoms with Crippen LogP contribution < -0.4 is 10.2 Å². The predicted molar refractivity (Wildman–Crippen MR) is 122 cm³/mol. The molecule has 1 amide bonds. The maximum absolute atomic E-state index is 11.8. The van der Waals surface area contributed by atoms with Gasteiger partial charge >= 0.3 is 6.09 Å². The van der Waals surface area contributed by atoms with E-state index in [1.165, 1.54) is 11.3 Å². The van der Waals surface area contributed by atoms with Gasteiger partial charge in [0.05, 0.1) is 11.2 Å². The highest BCUT2D eigenvalue weighted by Crippen LogP contribution is 2.26. The number of carbonyl (C=O) groups is 1. The number of amides is 1. The van der Waals surface area contributed by atoms with Crippen molar-refractivity contribution in [1.29, 1.82) is 0 Å². The van der Waals surface area contributed by atoms with Crippen LogP contribution in [0.3, 0.4) is 0 Å². The van der Waals surface area contributed by atoms with Crippen LogP contribution in [0, 0.1) is 5.92 Å². The van der Waals surface area contributed by atoms with Crippen LogP contribution in [0.1, 0.15) is 25.0 Å². The van der Waals surface area contributed by atoms with Crippen molar-refractivity contribution in [1.82, 2.24) is 15.3 Å². The number of carbonyl (C=O) groups excluding carboxylic acids is 1. The minimum atomic E-state index is -0.419. The van der Waals surface area contributed by atoms with Gasteiger partial charge in [-0.15, -0.1) is 11.3 Å². The molecule has 1 aliphatic heterocycles. The van der Waals surface area contributed by atoms with Crippen LogP contribution in [0.15, 0.2) is 35.7 Å². The summed E-state index contributed by atoms with van der Waals surface area (Å²) in [5.74, 6) is 1.59. The molecular formula is C21H22Cl2N4O2S. The second kappa shape index (κ2) is 9.81. The standard InChI is InChI=1S/C21H22Cl2N4O2S/c22-16-2-3-18-15(11-16)1-4-19(26-18)27-9-6-14(7-10-27)5-8-24-21(28)29-12-17-13-30-20(23)25-17/h1-4,11,13-14H,5-10,12H2,(H,24,28). The Morgan fingerprint density at radius 2 is 2.03 bits per heavy atom. The number of benzene rings is 1. The third-order valence-electron chi connectivity index (χ3n) is 5.27. The second-order valence-electron chi connectivity index (χ2n) is 7.32. The second-order valence-corrected chi connectivity index (χ2v) is 9.20. The lowest BCUT2D eigenvalue weighted by Crippen LogP contribution is -2.35. The highest BCUT2D eigenvalue weighted by atomic mass is 35.5. The molecule has 6 nitrogen and oxygen atoms in total. The van der Waals surface area contributed by atoms with E-state index in [-0.39, 0.29) is 6.61 Å². The summed E-state index contributed by atoms with van der Waals surface area (Å²) in [4.78, 5) is 23.0. The molecule has 0 radical (unpaired) electrons. The van der Waals surface area contributed by atoms with Gasteiger partial charge in [0, 0.05) is 35.4 Å². The van der Waals surface area contributed by atoms with Gasteiger partial charge in [-0.1, -0.05) is 23.2 Å². The quantitative estimate of drug-likeness (QED) is 0.519. The fourth-order valence-corrected chi connectivity index (χ4v) is 4.58. The number of hydrogen-bond acceptors (Lipinski definition) is 6. The Hall–Kier alpha value is -2.09. The van der Waals surface area contributed by atoms with E-state index < -0.39 is 6.09 Å². The van der Waals surface area contributed by atoms with Gasteiger partial charge in [-0.05, 0) is 55.5 Å². The van der Waals surface area contributed by atoms with Gasteiger partial charge in [-0.2, -0.15) is 0 Å². The van der Waals surface area contributed by atoms with Crippen molar-refractivity contribution < 1.29 is 9.53 Å². The number of fused-ring (bicyclic) bond motifs is 1. The van der Waals surface area contributed by atoms with Gasteiger partial charge < -0.3 is 15.0 Å². The molecule has 0 spiro atoms. The molecule has 9 heteroatoms. The van der Waals surface area contributed by atoms with Crippen LogP contribution in [0.25, 0.3) is 10.9 Å². The molecule has 3 heterocycles. The van der Waals surface area contributed by atoms with Crippen molar-refractivity contribution >= 4 is 57.4 Å². The summed E-state index contributed by atoms with van der Waals surface area (Å²) in [6.07, 6.45) is 2.68. The number of rotatable bonds is 6. The average Bonchev–Trinajstić information content (AvgIpc) is 3.17. The summed E-state index contributed by atoms with van der Waals surface area (Å²) in [5.41, 5.74) is 1.62. The molecule has 3 aromatic rings. The van der Waals surface area contributed by atoms with E-state index >= 15 is 0 Å². The fourth-order valence-electron chi connectivity index (χ4n) is 3.63. The minimum absolute atomic E-state index is 0.137. The fraction of sp³-hybridized carbons (Fsp3) is 0.381. The van der Waals surface area contributed by atoms with Gasteiger partial charge in [0.15, 0.2) is 4.47 Å². The number of anilines is 1. The van der Waals surface area contributed by atoms with Crippen molar-refractivity contribution in [3.63, 3.8) is 0 Å². The zero-order valence-electron chi connectivity index (χ0n) is 16.3. The molecule has 2 aromatic heterocycles. The smallest absolute Gasteiger partial charge is 0.407 e. The molecule has 0 unspecified atom stereocenters. The molecule has 1 saturated heterocycles. The van der Waals surface area contributed by atoms with Gasteiger partial charge in [0.1, 0.15) is 12.4 Å². The number of ether oxygens (including phenoxy) is 1. The van der Waals surface area contributed by atoms with Crippen molar-refractivity contribution in [2.24, 2.45) is 5.92 Å². The lowest BCUT2D eigenvalue weighted by Gasteiger charge is -2.33. The molecule has 0 bridgehead atoms. The van der Waals surface area contributed by atoms with E-state index in [1.807, 2.05) is 18.2 Å². The Bertz CT molecular complexity index is 1020. The summed E-state index contributed by atoms with van der Waals surface area (Å²) in [6.45, 7) is 2.67. The van der Waals surface area contributed by atoms with E-state index in [9.17, 15) is 4.79 Å². The average molecular weight is 465 g/mol. The number of aromatic nitrogens is 2. The van der Waals surface area contributed by atoms with E-state index in [0.29, 0.717) is 22.6 Å². The Balaban J connectivity index is 1.18. The summed E-state index contributed by atoms with van der Waals surface area (Å²) in [5, 5.41) is 6.38. The summed E-state index contributed by atoms with van der Waals surface area (Å²) in [7, 11) is 0. The largest absolute Gasteiger partial charge is 0.443 e. The molecule has 1 aliphatic rings. The van der Waals surface area contributed by atoms with Crippen LogP contribution in [0.2, 0.25) is 9.49 Å². The van der Waals surface area contributed by atoms with Crippen molar-refractivity contribution in [3.05, 3.63) is 50.9 Å².